The van der Waals surface area contributed by atoms with Crippen molar-refractivity contribution in [2.45, 2.75) is 10.8 Å². The van der Waals surface area contributed by atoms with Crippen molar-refractivity contribution in [3.63, 3.8) is 0 Å². The molecule has 4 nitrogen and oxygen atoms in total. The largest absolute Gasteiger partial charge is 0.325 e. The molecule has 0 fully saturated rings. The number of nitrogens with two attached hydrogens (primary N) is 1. The summed E-state index contributed by atoms with van der Waals surface area (Å²) in [4.78, 5) is -0.264. The third kappa shape index (κ3) is 4.13. The van der Waals surface area contributed by atoms with Crippen molar-refractivity contribution in [1.82, 2.24) is 4.72 Å². The lowest BCUT2D eigenvalue weighted by molar-refractivity contribution is 0.0170. The molecule has 0 aliphatic heterocycles. The molecule has 0 aliphatic rings. The predicted molar refractivity (Wildman–Crippen MR) is 68.3 cm³/mol. The van der Waals surface area contributed by atoms with E-state index in [1.165, 1.54) is 18.2 Å². The Morgan fingerprint density at radius 3 is 2.56 bits per heavy atom. The van der Waals surface area contributed by atoms with Gasteiger partial charge in [0.2, 0.25) is 10.0 Å². The Hall–Kier alpha value is -0.280. The van der Waals surface area contributed by atoms with Crippen LogP contribution in [-0.2, 0) is 10.0 Å². The first-order chi connectivity index (χ1) is 8.18. The van der Waals surface area contributed by atoms with E-state index in [4.69, 9.17) is 17.3 Å². The van der Waals surface area contributed by atoms with Crippen LogP contribution < -0.4 is 10.5 Å². The summed E-state index contributed by atoms with van der Waals surface area (Å²) in [6.07, 6.45) is 0. The van der Waals surface area contributed by atoms with Crippen LogP contribution in [0.15, 0.2) is 27.6 Å². The highest BCUT2D eigenvalue weighted by Crippen LogP contribution is 2.25. The molecule has 1 aromatic rings. The molecule has 0 amide bonds. The zero-order valence-corrected chi connectivity index (χ0v) is 12.1. The molecule has 0 saturated heterocycles. The number of halogens is 4. The second-order valence-electron chi connectivity index (χ2n) is 3.46. The molecule has 0 heterocycles. The van der Waals surface area contributed by atoms with Crippen LogP contribution >= 0.6 is 27.5 Å². The molecular weight excluding hydrogens is 354 g/mol. The summed E-state index contributed by atoms with van der Waals surface area (Å²) in [5, 5.41) is -0.0621. The predicted octanol–water partition coefficient (Wildman–Crippen LogP) is 1.97. The van der Waals surface area contributed by atoms with Gasteiger partial charge in [0.15, 0.2) is 0 Å². The van der Waals surface area contributed by atoms with Crippen molar-refractivity contribution in [2.24, 2.45) is 5.73 Å². The quantitative estimate of drug-likeness (QED) is 0.840. The molecule has 0 bridgehead atoms. The summed E-state index contributed by atoms with van der Waals surface area (Å²) in [6, 6.07) is 4.02. The van der Waals surface area contributed by atoms with E-state index >= 15 is 0 Å². The van der Waals surface area contributed by atoms with Gasteiger partial charge in [-0.15, -0.1) is 0 Å². The van der Waals surface area contributed by atoms with Gasteiger partial charge in [-0.2, -0.15) is 0 Å². The van der Waals surface area contributed by atoms with Crippen molar-refractivity contribution in [2.75, 3.05) is 13.1 Å². The van der Waals surface area contributed by atoms with E-state index in [1.807, 2.05) is 0 Å². The molecule has 9 heteroatoms. The lowest BCUT2D eigenvalue weighted by atomic mass is 10.3. The minimum Gasteiger partial charge on any atom is -0.325 e. The zero-order valence-electron chi connectivity index (χ0n) is 8.96. The normalized spacial score (nSPS) is 12.7. The Balaban J connectivity index is 2.94. The van der Waals surface area contributed by atoms with Crippen molar-refractivity contribution < 1.29 is 17.2 Å². The Morgan fingerprint density at radius 2 is 2.06 bits per heavy atom. The fraction of sp³-hybridized carbons (Fsp3) is 0.333. The van der Waals surface area contributed by atoms with Gasteiger partial charge in [0.1, 0.15) is 4.90 Å². The van der Waals surface area contributed by atoms with Crippen molar-refractivity contribution >= 4 is 37.6 Å². The van der Waals surface area contributed by atoms with Gasteiger partial charge >= 0.3 is 0 Å². The highest BCUT2D eigenvalue weighted by Gasteiger charge is 2.30. The minimum atomic E-state index is -4.09. The number of nitrogens with one attached hydrogen (secondary N) is 1. The molecule has 0 saturated carbocycles. The molecule has 1 rings (SSSR count). The van der Waals surface area contributed by atoms with Crippen molar-refractivity contribution in [3.05, 3.63) is 27.7 Å². The molecule has 0 aromatic heterocycles. The van der Waals surface area contributed by atoms with E-state index in [9.17, 15) is 17.2 Å². The number of rotatable bonds is 5. The molecule has 0 aliphatic carbocycles. The molecule has 0 unspecified atom stereocenters. The Kier molecular flexibility index (Phi) is 5.07. The van der Waals surface area contributed by atoms with E-state index in [-0.39, 0.29) is 9.92 Å². The first-order valence-electron chi connectivity index (χ1n) is 4.70. The third-order valence-electron chi connectivity index (χ3n) is 2.00. The van der Waals surface area contributed by atoms with Gasteiger partial charge in [-0.05, 0) is 18.2 Å². The van der Waals surface area contributed by atoms with E-state index in [2.05, 4.69) is 15.9 Å². The maximum absolute atomic E-state index is 12.9. The van der Waals surface area contributed by atoms with Crippen LogP contribution in [-0.4, -0.2) is 27.4 Å². The number of benzene rings is 1. The Labute approximate surface area is 117 Å². The van der Waals surface area contributed by atoms with Gasteiger partial charge in [0, 0.05) is 4.47 Å². The lowest BCUT2D eigenvalue weighted by Gasteiger charge is -2.15. The molecule has 102 valence electrons. The summed E-state index contributed by atoms with van der Waals surface area (Å²) in [7, 11) is -4.09. The molecule has 0 radical (unpaired) electrons. The number of alkyl halides is 2. The Bertz CT molecular complexity index is 539. The first-order valence-corrected chi connectivity index (χ1v) is 7.36. The molecule has 18 heavy (non-hydrogen) atoms. The number of hydrogen-bond acceptors (Lipinski definition) is 3. The van der Waals surface area contributed by atoms with Crippen LogP contribution in [0.2, 0.25) is 5.02 Å². The number of hydrogen-bond donors (Lipinski definition) is 2. The maximum atomic E-state index is 12.9. The minimum absolute atomic E-state index is 0.0621. The molecule has 0 atom stereocenters. The summed E-state index contributed by atoms with van der Waals surface area (Å²) in [5.41, 5.74) is 4.81. The number of sulfonamides is 1. The lowest BCUT2D eigenvalue weighted by Crippen LogP contribution is -2.41. The fourth-order valence-electron chi connectivity index (χ4n) is 1.04. The standard InChI is InChI=1S/C9H10BrClF2N2O2S/c10-6-1-2-8(7(11)3-6)18(16,17)15-5-9(12,13)4-14/h1-3,15H,4-5,14H2. The third-order valence-corrected chi connectivity index (χ3v) is 4.38. The smallest absolute Gasteiger partial charge is 0.273 e. The average molecular weight is 364 g/mol. The SMILES string of the molecule is NCC(F)(F)CNS(=O)(=O)c1ccc(Br)cc1Cl. The topological polar surface area (TPSA) is 72.2 Å². The van der Waals surface area contributed by atoms with Gasteiger partial charge in [0.05, 0.1) is 18.1 Å². The zero-order chi connectivity index (χ0) is 14.0. The van der Waals surface area contributed by atoms with Crippen LogP contribution in [0.5, 0.6) is 0 Å². The van der Waals surface area contributed by atoms with E-state index in [0.29, 0.717) is 4.47 Å². The average Bonchev–Trinajstić information content (AvgIpc) is 2.26. The van der Waals surface area contributed by atoms with Crippen molar-refractivity contribution in [1.29, 1.82) is 0 Å². The monoisotopic (exact) mass is 362 g/mol. The highest BCUT2D eigenvalue weighted by atomic mass is 79.9. The van der Waals surface area contributed by atoms with E-state index in [0.717, 1.165) is 0 Å². The summed E-state index contributed by atoms with van der Waals surface area (Å²) in [5.74, 6) is -3.30. The Morgan fingerprint density at radius 1 is 1.44 bits per heavy atom. The molecular formula is C9H10BrClF2N2O2S. The summed E-state index contributed by atoms with van der Waals surface area (Å²) >= 11 is 8.85. The van der Waals surface area contributed by atoms with Gasteiger partial charge in [0.25, 0.3) is 5.92 Å². The van der Waals surface area contributed by atoms with Gasteiger partial charge in [-0.1, -0.05) is 27.5 Å². The summed E-state index contributed by atoms with van der Waals surface area (Å²) < 4.78 is 51.6. The molecule has 0 spiro atoms. The molecule has 3 N–H and O–H groups in total. The van der Waals surface area contributed by atoms with E-state index < -0.39 is 29.0 Å². The maximum Gasteiger partial charge on any atom is 0.273 e. The second kappa shape index (κ2) is 5.79. The van der Waals surface area contributed by atoms with Gasteiger partial charge in [-0.3, -0.25) is 0 Å². The van der Waals surface area contributed by atoms with Gasteiger partial charge < -0.3 is 5.73 Å². The highest BCUT2D eigenvalue weighted by molar-refractivity contribution is 9.10. The first kappa shape index (κ1) is 15.8. The fourth-order valence-corrected chi connectivity index (χ4v) is 3.14. The van der Waals surface area contributed by atoms with Crippen LogP contribution in [0.25, 0.3) is 0 Å². The van der Waals surface area contributed by atoms with Crippen LogP contribution in [0.1, 0.15) is 0 Å². The second-order valence-corrected chi connectivity index (χ2v) is 6.52. The van der Waals surface area contributed by atoms with Crippen LogP contribution in [0.4, 0.5) is 8.78 Å². The van der Waals surface area contributed by atoms with Crippen molar-refractivity contribution in [3.8, 4) is 0 Å². The van der Waals surface area contributed by atoms with Crippen LogP contribution in [0.3, 0.4) is 0 Å². The molecule has 1 aromatic carbocycles. The summed E-state index contributed by atoms with van der Waals surface area (Å²) in [6.45, 7) is -2.01. The van der Waals surface area contributed by atoms with E-state index in [1.54, 1.807) is 4.72 Å². The van der Waals surface area contributed by atoms with Crippen LogP contribution in [0, 0.1) is 0 Å². The van der Waals surface area contributed by atoms with Gasteiger partial charge in [-0.25, -0.2) is 21.9 Å².